The Kier molecular flexibility index (Phi) is 4.20. The van der Waals surface area contributed by atoms with E-state index in [0.29, 0.717) is 0 Å². The Morgan fingerprint density at radius 2 is 1.92 bits per heavy atom. The number of sulfonamides is 1. The third-order valence-electron chi connectivity index (χ3n) is 3.90. The molecule has 0 fully saturated rings. The maximum atomic E-state index is 11.8. The Labute approximate surface area is 140 Å². The molecule has 2 aromatic heterocycles. The lowest BCUT2D eigenvalue weighted by Crippen LogP contribution is -2.18. The van der Waals surface area contributed by atoms with Gasteiger partial charge in [-0.25, -0.2) is 18.1 Å². The summed E-state index contributed by atoms with van der Waals surface area (Å²) in [6.45, 7) is 2.01. The number of aryl methyl sites for hydroxylation is 1. The summed E-state index contributed by atoms with van der Waals surface area (Å²) in [5.74, 6) is 1.54. The van der Waals surface area contributed by atoms with Crippen LogP contribution in [0.1, 0.15) is 18.8 Å². The summed E-state index contributed by atoms with van der Waals surface area (Å²) >= 11 is 0. The van der Waals surface area contributed by atoms with Crippen LogP contribution in [0.4, 0.5) is 0 Å². The van der Waals surface area contributed by atoms with Crippen LogP contribution in [0.2, 0.25) is 0 Å². The van der Waals surface area contributed by atoms with E-state index in [4.69, 9.17) is 0 Å². The lowest BCUT2D eigenvalue weighted by Gasteiger charge is -2.15. The van der Waals surface area contributed by atoms with Crippen molar-refractivity contribution in [2.24, 2.45) is 7.05 Å². The molecule has 3 rings (SSSR count). The molecule has 0 unspecified atom stereocenters. The highest BCUT2D eigenvalue weighted by molar-refractivity contribution is 7.89. The van der Waals surface area contributed by atoms with Gasteiger partial charge in [0.1, 0.15) is 12.2 Å². The largest absolute Gasteiger partial charge is 0.321 e. The zero-order valence-corrected chi connectivity index (χ0v) is 14.4. The maximum Gasteiger partial charge on any atom is 0.240 e. The molecule has 0 aliphatic heterocycles. The molecule has 0 spiro atoms. The summed E-state index contributed by atoms with van der Waals surface area (Å²) in [5.41, 5.74) is 0.823. The number of nitrogens with one attached hydrogen (secondary N) is 1. The minimum atomic E-state index is -3.45. The highest BCUT2D eigenvalue weighted by Gasteiger charge is 2.18. The molecule has 1 N–H and O–H groups in total. The lowest BCUT2D eigenvalue weighted by molar-refractivity contribution is 0.578. The Bertz CT molecular complexity index is 943. The van der Waals surface area contributed by atoms with Crippen LogP contribution in [-0.4, -0.2) is 39.8 Å². The Balaban J connectivity index is 1.98. The molecule has 9 heteroatoms. The molecule has 24 heavy (non-hydrogen) atoms. The quantitative estimate of drug-likeness (QED) is 0.749. The Hall–Kier alpha value is -2.52. The zero-order valence-electron chi connectivity index (χ0n) is 13.6. The van der Waals surface area contributed by atoms with Crippen LogP contribution in [0.3, 0.4) is 0 Å². The highest BCUT2D eigenvalue weighted by atomic mass is 32.2. The summed E-state index contributed by atoms with van der Waals surface area (Å²) in [4.78, 5) is 4.62. The molecular weight excluding hydrogens is 328 g/mol. The van der Waals surface area contributed by atoms with E-state index in [1.54, 1.807) is 36.8 Å². The van der Waals surface area contributed by atoms with Crippen molar-refractivity contribution in [2.45, 2.75) is 17.9 Å². The molecule has 0 saturated carbocycles. The van der Waals surface area contributed by atoms with E-state index in [9.17, 15) is 8.42 Å². The fraction of sp³-hybridized carbons (Fsp3) is 0.267. The van der Waals surface area contributed by atoms with E-state index in [1.165, 1.54) is 7.05 Å². The summed E-state index contributed by atoms with van der Waals surface area (Å²) < 4.78 is 29.8. The first-order valence-electron chi connectivity index (χ1n) is 7.34. The van der Waals surface area contributed by atoms with Gasteiger partial charge in [-0.3, -0.25) is 0 Å². The van der Waals surface area contributed by atoms with Gasteiger partial charge in [0.25, 0.3) is 0 Å². The summed E-state index contributed by atoms with van der Waals surface area (Å²) in [5, 5.41) is 8.05. The number of hydrogen-bond acceptors (Lipinski definition) is 5. The fourth-order valence-corrected chi connectivity index (χ4v) is 3.28. The van der Waals surface area contributed by atoms with Crippen LogP contribution in [0.5, 0.6) is 0 Å². The van der Waals surface area contributed by atoms with Gasteiger partial charge in [0.2, 0.25) is 10.0 Å². The average Bonchev–Trinajstić information content (AvgIpc) is 3.23. The molecule has 0 bridgehead atoms. The van der Waals surface area contributed by atoms with Gasteiger partial charge in [0, 0.05) is 25.0 Å². The van der Waals surface area contributed by atoms with Gasteiger partial charge in [0.15, 0.2) is 5.82 Å². The highest BCUT2D eigenvalue weighted by Crippen LogP contribution is 2.25. The van der Waals surface area contributed by atoms with Crippen molar-refractivity contribution in [3.8, 4) is 11.4 Å². The van der Waals surface area contributed by atoms with E-state index in [0.717, 1.165) is 17.2 Å². The number of nitrogens with zero attached hydrogens (tertiary/aromatic N) is 5. The SMILES string of the molecule is CNS(=O)(=O)c1ccc(-c2nccn2[C@@H](C)c2nncn2C)cc1. The first kappa shape index (κ1) is 16.3. The van der Waals surface area contributed by atoms with E-state index < -0.39 is 10.0 Å². The van der Waals surface area contributed by atoms with E-state index >= 15 is 0 Å². The molecule has 126 valence electrons. The molecule has 8 nitrogen and oxygen atoms in total. The van der Waals surface area contributed by atoms with E-state index in [2.05, 4.69) is 19.9 Å². The number of aromatic nitrogens is 5. The zero-order chi connectivity index (χ0) is 17.3. The van der Waals surface area contributed by atoms with Gasteiger partial charge >= 0.3 is 0 Å². The number of rotatable bonds is 5. The average molecular weight is 346 g/mol. The first-order valence-corrected chi connectivity index (χ1v) is 8.83. The van der Waals surface area contributed by atoms with Crippen molar-refractivity contribution in [3.05, 3.63) is 48.8 Å². The molecule has 0 aliphatic carbocycles. The van der Waals surface area contributed by atoms with Crippen LogP contribution >= 0.6 is 0 Å². The van der Waals surface area contributed by atoms with Crippen molar-refractivity contribution in [1.29, 1.82) is 0 Å². The van der Waals surface area contributed by atoms with Gasteiger partial charge in [0.05, 0.1) is 10.9 Å². The molecule has 3 aromatic rings. The van der Waals surface area contributed by atoms with E-state index in [-0.39, 0.29) is 10.9 Å². The Morgan fingerprint density at radius 3 is 2.50 bits per heavy atom. The number of imidazole rings is 1. The van der Waals surface area contributed by atoms with Gasteiger partial charge in [-0.15, -0.1) is 10.2 Å². The van der Waals surface area contributed by atoms with E-state index in [1.807, 2.05) is 29.3 Å². The summed E-state index contributed by atoms with van der Waals surface area (Å²) in [6.07, 6.45) is 5.23. The Morgan fingerprint density at radius 1 is 1.21 bits per heavy atom. The number of hydrogen-bond donors (Lipinski definition) is 1. The smallest absolute Gasteiger partial charge is 0.240 e. The monoisotopic (exact) mass is 346 g/mol. The van der Waals surface area contributed by atoms with Gasteiger partial charge in [-0.1, -0.05) is 0 Å². The molecule has 1 atom stereocenters. The maximum absolute atomic E-state index is 11.8. The second-order valence-corrected chi connectivity index (χ2v) is 7.25. The predicted octanol–water partition coefficient (Wildman–Crippen LogP) is 1.20. The van der Waals surface area contributed by atoms with Crippen LogP contribution in [0.15, 0.2) is 47.9 Å². The summed E-state index contributed by atoms with van der Waals surface area (Å²) in [7, 11) is -0.174. The molecular formula is C15H18N6O2S. The van der Waals surface area contributed by atoms with Crippen molar-refractivity contribution >= 4 is 10.0 Å². The van der Waals surface area contributed by atoms with Gasteiger partial charge in [-0.2, -0.15) is 0 Å². The normalized spacial score (nSPS) is 13.1. The number of benzene rings is 1. The molecule has 0 radical (unpaired) electrons. The minimum absolute atomic E-state index is 0.0595. The second kappa shape index (κ2) is 6.17. The van der Waals surface area contributed by atoms with Gasteiger partial charge in [-0.05, 0) is 38.2 Å². The second-order valence-electron chi connectivity index (χ2n) is 5.37. The summed E-state index contributed by atoms with van der Waals surface area (Å²) in [6, 6.07) is 6.55. The molecule has 1 aromatic carbocycles. The van der Waals surface area contributed by atoms with Crippen LogP contribution < -0.4 is 4.72 Å². The molecule has 0 saturated heterocycles. The molecule has 0 amide bonds. The van der Waals surface area contributed by atoms with Crippen molar-refractivity contribution < 1.29 is 8.42 Å². The minimum Gasteiger partial charge on any atom is -0.321 e. The van der Waals surface area contributed by atoms with Crippen molar-refractivity contribution in [1.82, 2.24) is 29.0 Å². The third-order valence-corrected chi connectivity index (χ3v) is 5.33. The van der Waals surface area contributed by atoms with Crippen LogP contribution in [0, 0.1) is 0 Å². The van der Waals surface area contributed by atoms with Gasteiger partial charge < -0.3 is 9.13 Å². The lowest BCUT2D eigenvalue weighted by atomic mass is 10.2. The predicted molar refractivity (Wildman–Crippen MR) is 88.7 cm³/mol. The topological polar surface area (TPSA) is 94.7 Å². The first-order chi connectivity index (χ1) is 11.4. The standard InChI is InChI=1S/C15H18N6O2S/c1-11(14-19-18-10-20(14)3)21-9-8-17-15(21)12-4-6-13(7-5-12)24(22,23)16-2/h4-11,16H,1-3H3/t11-/m0/s1. The fourth-order valence-electron chi connectivity index (χ4n) is 2.54. The van der Waals surface area contributed by atoms with Crippen molar-refractivity contribution in [3.63, 3.8) is 0 Å². The van der Waals surface area contributed by atoms with Crippen molar-refractivity contribution in [2.75, 3.05) is 7.05 Å². The molecule has 2 heterocycles. The van der Waals surface area contributed by atoms with Crippen LogP contribution in [-0.2, 0) is 17.1 Å². The molecule has 0 aliphatic rings. The van der Waals surface area contributed by atoms with Crippen LogP contribution in [0.25, 0.3) is 11.4 Å². The third kappa shape index (κ3) is 2.83.